The highest BCUT2D eigenvalue weighted by molar-refractivity contribution is 8.19. The Balaban J connectivity index is 1.27. The molecule has 0 spiro atoms. The molecule has 7 nitrogen and oxygen atoms in total. The molecule has 0 aromatic heterocycles. The average Bonchev–Trinajstić information content (AvgIpc) is 3.57. The molecule has 4 aliphatic heterocycles. The van der Waals surface area contributed by atoms with Gasteiger partial charge in [-0.3, -0.25) is 9.91 Å². The number of hydrogen-bond donors (Lipinski definition) is 1. The van der Waals surface area contributed by atoms with Gasteiger partial charge in [-0.05, 0) is 75.2 Å². The summed E-state index contributed by atoms with van der Waals surface area (Å²) in [5.74, 6) is -0.252. The maximum atomic E-state index is 14.0. The predicted octanol–water partition coefficient (Wildman–Crippen LogP) is 3.87. The first-order valence-electron chi connectivity index (χ1n) is 11.6. The quantitative estimate of drug-likeness (QED) is 0.511. The Morgan fingerprint density at radius 1 is 1.21 bits per heavy atom. The number of carbonyl (C=O) groups is 1. The molecule has 0 aliphatic carbocycles. The van der Waals surface area contributed by atoms with E-state index in [1.807, 2.05) is 11.1 Å². The number of nitrogens with one attached hydrogen (secondary N) is 1. The van der Waals surface area contributed by atoms with Gasteiger partial charge < -0.3 is 9.64 Å². The number of ether oxygens (including phenoxy) is 1. The normalized spacial score (nSPS) is 25.2. The van der Waals surface area contributed by atoms with Crippen LogP contribution in [0.15, 0.2) is 28.1 Å². The molecule has 3 saturated heterocycles. The van der Waals surface area contributed by atoms with Crippen molar-refractivity contribution >= 4 is 46.3 Å². The summed E-state index contributed by atoms with van der Waals surface area (Å²) >= 11 is 6.94. The van der Waals surface area contributed by atoms with Gasteiger partial charge >= 0.3 is 6.09 Å². The van der Waals surface area contributed by atoms with Gasteiger partial charge in [-0.25, -0.2) is 19.6 Å². The van der Waals surface area contributed by atoms with Crippen LogP contribution in [0.25, 0.3) is 6.08 Å². The van der Waals surface area contributed by atoms with Crippen molar-refractivity contribution in [2.45, 2.75) is 38.1 Å². The number of amides is 1. The Labute approximate surface area is 203 Å². The zero-order valence-corrected chi connectivity index (χ0v) is 20.1. The third kappa shape index (κ3) is 5.24. The fraction of sp³-hybridized carbons (Fsp3) is 0.522. The van der Waals surface area contributed by atoms with Crippen LogP contribution in [-0.2, 0) is 0 Å². The Hall–Kier alpha value is -2.01. The minimum Gasteiger partial charge on any atom is -0.409 e. The van der Waals surface area contributed by atoms with Crippen LogP contribution in [0.1, 0.15) is 37.7 Å². The molecule has 0 saturated carbocycles. The number of hydrazine groups is 1. The summed E-state index contributed by atoms with van der Waals surface area (Å²) in [6, 6.07) is 4.62. The fourth-order valence-electron chi connectivity index (χ4n) is 4.69. The van der Waals surface area contributed by atoms with Crippen LogP contribution in [0.5, 0.6) is 5.75 Å². The number of amidine groups is 1. The molecular formula is C23H28FN5O2S2. The highest BCUT2D eigenvalue weighted by atomic mass is 32.2. The molecule has 0 unspecified atom stereocenters. The van der Waals surface area contributed by atoms with E-state index in [2.05, 4.69) is 15.3 Å². The smallest absolute Gasteiger partial charge is 0.409 e. The van der Waals surface area contributed by atoms with Crippen molar-refractivity contribution in [1.29, 1.82) is 0 Å². The Morgan fingerprint density at radius 3 is 2.82 bits per heavy atom. The van der Waals surface area contributed by atoms with E-state index >= 15 is 0 Å². The standard InChI is InChI=1S/C23H28FN5O2S2/c24-17-6-5-16(13-20-21(32)26-22(33-20)29-11-2-1-8-25-29)19(14-17)31-23(30)28-12-7-18(15-28)27-9-3-4-10-27/h5-6,13-14,18,25H,1-4,7-12,15H2/t18-/m1/s1. The van der Waals surface area contributed by atoms with Crippen LogP contribution in [0.3, 0.4) is 0 Å². The Kier molecular flexibility index (Phi) is 6.96. The van der Waals surface area contributed by atoms with Crippen LogP contribution < -0.4 is 10.2 Å². The lowest BCUT2D eigenvalue weighted by atomic mass is 10.2. The highest BCUT2D eigenvalue weighted by Gasteiger charge is 2.33. The summed E-state index contributed by atoms with van der Waals surface area (Å²) in [7, 11) is 0. The first-order chi connectivity index (χ1) is 16.1. The van der Waals surface area contributed by atoms with Gasteiger partial charge in [0.05, 0.1) is 4.91 Å². The number of hydrogen-bond acceptors (Lipinski definition) is 7. The van der Waals surface area contributed by atoms with Crippen LogP contribution >= 0.6 is 24.0 Å². The van der Waals surface area contributed by atoms with E-state index in [0.717, 1.165) is 55.5 Å². The second kappa shape index (κ2) is 10.1. The van der Waals surface area contributed by atoms with Gasteiger partial charge in [0.15, 0.2) is 5.17 Å². The number of nitrogens with zero attached hydrogens (tertiary/aromatic N) is 4. The molecule has 176 valence electrons. The molecule has 4 heterocycles. The topological polar surface area (TPSA) is 60.4 Å². The molecule has 1 amide bonds. The van der Waals surface area contributed by atoms with Gasteiger partial charge in [-0.1, -0.05) is 12.2 Å². The first-order valence-corrected chi connectivity index (χ1v) is 12.8. The van der Waals surface area contributed by atoms with Gasteiger partial charge in [0.25, 0.3) is 0 Å². The molecule has 1 aromatic rings. The lowest BCUT2D eigenvalue weighted by Gasteiger charge is -2.28. The van der Waals surface area contributed by atoms with E-state index in [1.165, 1.54) is 36.7 Å². The molecule has 5 rings (SSSR count). The van der Waals surface area contributed by atoms with Crippen molar-refractivity contribution in [3.63, 3.8) is 0 Å². The summed E-state index contributed by atoms with van der Waals surface area (Å²) in [6.07, 6.45) is 7.03. The van der Waals surface area contributed by atoms with Crippen molar-refractivity contribution in [2.75, 3.05) is 39.3 Å². The number of aliphatic imine (C=N–C) groups is 1. The van der Waals surface area contributed by atoms with E-state index in [4.69, 9.17) is 17.0 Å². The molecule has 0 radical (unpaired) electrons. The monoisotopic (exact) mass is 489 g/mol. The van der Waals surface area contributed by atoms with E-state index in [1.54, 1.807) is 11.0 Å². The van der Waals surface area contributed by atoms with Gasteiger partial charge in [0.1, 0.15) is 16.6 Å². The second-order valence-electron chi connectivity index (χ2n) is 8.76. The molecule has 33 heavy (non-hydrogen) atoms. The molecule has 1 aromatic carbocycles. The van der Waals surface area contributed by atoms with E-state index in [-0.39, 0.29) is 5.75 Å². The number of rotatable bonds is 3. The van der Waals surface area contributed by atoms with Crippen molar-refractivity contribution in [3.8, 4) is 5.75 Å². The Bertz CT molecular complexity index is 989. The molecule has 1 N–H and O–H groups in total. The molecule has 0 bridgehead atoms. The first kappa shape index (κ1) is 22.8. The number of benzene rings is 1. The van der Waals surface area contributed by atoms with Crippen LogP contribution in [-0.4, -0.2) is 76.4 Å². The lowest BCUT2D eigenvalue weighted by molar-refractivity contribution is 0.156. The van der Waals surface area contributed by atoms with Gasteiger partial charge in [-0.2, -0.15) is 0 Å². The number of thiocarbonyl (C=S) groups is 1. The summed E-state index contributed by atoms with van der Waals surface area (Å²) < 4.78 is 19.7. The lowest BCUT2D eigenvalue weighted by Crippen LogP contribution is -2.45. The average molecular weight is 490 g/mol. The third-order valence-corrected chi connectivity index (χ3v) is 7.96. The van der Waals surface area contributed by atoms with E-state index in [9.17, 15) is 9.18 Å². The van der Waals surface area contributed by atoms with Crippen molar-refractivity contribution in [3.05, 3.63) is 34.5 Å². The fourth-order valence-corrected chi connectivity index (χ4v) is 5.94. The summed E-state index contributed by atoms with van der Waals surface area (Å²) in [4.78, 5) is 22.8. The minimum atomic E-state index is -0.451. The minimum absolute atomic E-state index is 0.199. The molecule has 3 fully saturated rings. The number of likely N-dealkylation sites (tertiary alicyclic amines) is 2. The maximum Gasteiger partial charge on any atom is 0.415 e. The third-order valence-electron chi connectivity index (χ3n) is 6.49. The Morgan fingerprint density at radius 2 is 2.03 bits per heavy atom. The number of halogens is 1. The molecule has 4 aliphatic rings. The zero-order chi connectivity index (χ0) is 22.8. The largest absolute Gasteiger partial charge is 0.415 e. The molecular weight excluding hydrogens is 461 g/mol. The number of carbonyl (C=O) groups excluding carboxylic acids is 1. The van der Waals surface area contributed by atoms with Crippen LogP contribution in [0.2, 0.25) is 0 Å². The van der Waals surface area contributed by atoms with Gasteiger partial charge in [0, 0.05) is 43.9 Å². The zero-order valence-electron chi connectivity index (χ0n) is 18.5. The highest BCUT2D eigenvalue weighted by Crippen LogP contribution is 2.34. The predicted molar refractivity (Wildman–Crippen MR) is 133 cm³/mol. The maximum absolute atomic E-state index is 14.0. The van der Waals surface area contributed by atoms with Crippen LogP contribution in [0, 0.1) is 5.82 Å². The van der Waals surface area contributed by atoms with Crippen molar-refractivity contribution in [1.82, 2.24) is 20.2 Å². The number of thioether (sulfide) groups is 1. The van der Waals surface area contributed by atoms with E-state index < -0.39 is 11.9 Å². The second-order valence-corrected chi connectivity index (χ2v) is 10.2. The van der Waals surface area contributed by atoms with E-state index in [0.29, 0.717) is 29.7 Å². The van der Waals surface area contributed by atoms with Crippen LogP contribution in [0.4, 0.5) is 9.18 Å². The summed E-state index contributed by atoms with van der Waals surface area (Å²) in [5.41, 5.74) is 3.94. The summed E-state index contributed by atoms with van der Waals surface area (Å²) in [5, 5.41) is 2.84. The SMILES string of the molecule is O=C(Oc1cc(F)ccc1C=C1SC(N2CCCCN2)=NC1=S)N1CC[C@@H](N2CCCC2)C1. The van der Waals surface area contributed by atoms with Crippen molar-refractivity contribution < 1.29 is 13.9 Å². The molecule has 10 heteroatoms. The summed E-state index contributed by atoms with van der Waals surface area (Å²) in [6.45, 7) is 5.32. The van der Waals surface area contributed by atoms with Crippen molar-refractivity contribution in [2.24, 2.45) is 4.99 Å². The van der Waals surface area contributed by atoms with Gasteiger partial charge in [0.2, 0.25) is 0 Å². The van der Waals surface area contributed by atoms with Gasteiger partial charge in [-0.15, -0.1) is 0 Å². The molecule has 1 atom stereocenters.